The van der Waals surface area contributed by atoms with Crippen LogP contribution in [0.15, 0.2) is 48.7 Å². The van der Waals surface area contributed by atoms with Gasteiger partial charge < -0.3 is 9.64 Å². The van der Waals surface area contributed by atoms with E-state index in [2.05, 4.69) is 17.1 Å². The number of rotatable bonds is 4. The van der Waals surface area contributed by atoms with Gasteiger partial charge in [0.05, 0.1) is 37.1 Å². The molecule has 0 saturated carbocycles. The van der Waals surface area contributed by atoms with E-state index in [-0.39, 0.29) is 11.9 Å². The van der Waals surface area contributed by atoms with Crippen molar-refractivity contribution in [3.63, 3.8) is 0 Å². The van der Waals surface area contributed by atoms with Crippen LogP contribution in [0.4, 0.5) is 0 Å². The molecule has 2 aromatic heterocycles. The van der Waals surface area contributed by atoms with Crippen LogP contribution in [0.1, 0.15) is 44.6 Å². The summed E-state index contributed by atoms with van der Waals surface area (Å²) in [5.74, 6) is -0.164. The molecule has 1 atom stereocenters. The molecule has 1 aromatic carbocycles. The van der Waals surface area contributed by atoms with Crippen LogP contribution in [0.25, 0.3) is 0 Å². The smallest absolute Gasteiger partial charge is 0.273 e. The summed E-state index contributed by atoms with van der Waals surface area (Å²) >= 11 is 0. The van der Waals surface area contributed by atoms with Crippen LogP contribution in [0.5, 0.6) is 0 Å². The van der Waals surface area contributed by atoms with Gasteiger partial charge in [0.15, 0.2) is 0 Å². The first kappa shape index (κ1) is 19.8. The summed E-state index contributed by atoms with van der Waals surface area (Å²) in [5, 5.41) is 13.7. The molecular weight excluding hydrogens is 378 g/mol. The number of carbonyl (C=O) groups is 1. The van der Waals surface area contributed by atoms with E-state index in [4.69, 9.17) is 15.1 Å². The summed E-state index contributed by atoms with van der Waals surface area (Å²) < 4.78 is 7.72. The van der Waals surface area contributed by atoms with Gasteiger partial charge in [0.25, 0.3) is 5.91 Å². The number of aromatic nitrogens is 3. The molecule has 3 aromatic rings. The summed E-state index contributed by atoms with van der Waals surface area (Å²) in [6.07, 6.45) is 1.43. The van der Waals surface area contributed by atoms with Crippen molar-refractivity contribution in [3.8, 4) is 6.07 Å². The number of nitrogens with zero attached hydrogens (tertiary/aromatic N) is 5. The molecular formula is C23H23N5O2. The van der Waals surface area contributed by atoms with Crippen molar-refractivity contribution >= 4 is 5.91 Å². The van der Waals surface area contributed by atoms with Gasteiger partial charge in [-0.1, -0.05) is 30.3 Å². The van der Waals surface area contributed by atoms with E-state index in [1.54, 1.807) is 12.1 Å². The number of ether oxygens (including phenoxy) is 1. The van der Waals surface area contributed by atoms with Crippen LogP contribution in [-0.2, 0) is 11.3 Å². The monoisotopic (exact) mass is 401 g/mol. The van der Waals surface area contributed by atoms with Crippen LogP contribution in [0.2, 0.25) is 0 Å². The quantitative estimate of drug-likeness (QED) is 0.671. The van der Waals surface area contributed by atoms with Gasteiger partial charge in [0, 0.05) is 24.0 Å². The van der Waals surface area contributed by atoms with Gasteiger partial charge in [-0.3, -0.25) is 9.48 Å². The van der Waals surface area contributed by atoms with E-state index in [1.165, 1.54) is 11.8 Å². The number of carbonyl (C=O) groups excluding carboxylic acids is 1. The van der Waals surface area contributed by atoms with Gasteiger partial charge in [-0.2, -0.15) is 10.4 Å². The van der Waals surface area contributed by atoms with Gasteiger partial charge in [-0.25, -0.2) is 4.98 Å². The highest BCUT2D eigenvalue weighted by atomic mass is 16.5. The Hall–Kier alpha value is -3.50. The fourth-order valence-electron chi connectivity index (χ4n) is 3.92. The summed E-state index contributed by atoms with van der Waals surface area (Å²) in [6, 6.07) is 15.2. The van der Waals surface area contributed by atoms with Gasteiger partial charge in [-0.05, 0) is 31.5 Å². The third-order valence-electron chi connectivity index (χ3n) is 5.45. The molecule has 7 heteroatoms. The number of pyridine rings is 1. The normalized spacial score (nSPS) is 16.3. The summed E-state index contributed by atoms with van der Waals surface area (Å²) in [5.41, 5.74) is 4.87. The minimum absolute atomic E-state index is 0.164. The van der Waals surface area contributed by atoms with Crippen molar-refractivity contribution in [2.24, 2.45) is 0 Å². The minimum atomic E-state index is -0.229. The zero-order valence-electron chi connectivity index (χ0n) is 17.1. The molecule has 1 aliphatic heterocycles. The molecule has 1 saturated heterocycles. The van der Waals surface area contributed by atoms with Crippen LogP contribution in [0.3, 0.4) is 0 Å². The van der Waals surface area contributed by atoms with E-state index in [1.807, 2.05) is 47.7 Å². The Morgan fingerprint density at radius 1 is 1.23 bits per heavy atom. The average molecular weight is 401 g/mol. The predicted octanol–water partition coefficient (Wildman–Crippen LogP) is 3.03. The van der Waals surface area contributed by atoms with E-state index in [9.17, 15) is 4.79 Å². The SMILES string of the molecule is Cc1nn(Cc2ccccc2)c(C)c1C1COCCN1C(=O)c1ccc(C#N)cn1. The first-order valence-electron chi connectivity index (χ1n) is 9.91. The summed E-state index contributed by atoms with van der Waals surface area (Å²) in [4.78, 5) is 19.2. The van der Waals surface area contributed by atoms with E-state index in [0.717, 1.165) is 17.0 Å². The Morgan fingerprint density at radius 3 is 2.73 bits per heavy atom. The molecule has 0 bridgehead atoms. The topological polar surface area (TPSA) is 84.0 Å². The number of hydrogen-bond donors (Lipinski definition) is 0. The summed E-state index contributed by atoms with van der Waals surface area (Å²) in [7, 11) is 0. The Morgan fingerprint density at radius 2 is 2.03 bits per heavy atom. The molecule has 0 spiro atoms. The molecule has 0 N–H and O–H groups in total. The highest BCUT2D eigenvalue weighted by Crippen LogP contribution is 2.30. The zero-order valence-corrected chi connectivity index (χ0v) is 17.1. The molecule has 7 nitrogen and oxygen atoms in total. The molecule has 1 fully saturated rings. The Kier molecular flexibility index (Phi) is 5.59. The molecule has 3 heterocycles. The van der Waals surface area contributed by atoms with Crippen molar-refractivity contribution < 1.29 is 9.53 Å². The molecule has 1 amide bonds. The lowest BCUT2D eigenvalue weighted by atomic mass is 10.0. The van der Waals surface area contributed by atoms with E-state index < -0.39 is 0 Å². The Bertz CT molecular complexity index is 1080. The molecule has 0 radical (unpaired) electrons. The second-order valence-electron chi connectivity index (χ2n) is 7.36. The zero-order chi connectivity index (χ0) is 21.1. The summed E-state index contributed by atoms with van der Waals surface area (Å²) in [6.45, 7) is 6.06. The Balaban J connectivity index is 1.64. The van der Waals surface area contributed by atoms with Crippen LogP contribution in [0, 0.1) is 25.2 Å². The second-order valence-corrected chi connectivity index (χ2v) is 7.36. The van der Waals surface area contributed by atoms with Crippen molar-refractivity contribution in [2.45, 2.75) is 26.4 Å². The van der Waals surface area contributed by atoms with Crippen LogP contribution < -0.4 is 0 Å². The van der Waals surface area contributed by atoms with Crippen molar-refractivity contribution in [1.29, 1.82) is 5.26 Å². The standard InChI is InChI=1S/C23H23N5O2/c1-16-22(17(2)28(26-16)14-18-6-4-3-5-7-18)21-15-30-11-10-27(21)23(29)20-9-8-19(12-24)13-25-20/h3-9,13,21H,10-11,14-15H2,1-2H3. The maximum Gasteiger partial charge on any atom is 0.273 e. The first-order valence-corrected chi connectivity index (χ1v) is 9.91. The highest BCUT2D eigenvalue weighted by Gasteiger charge is 2.33. The number of nitriles is 1. The molecule has 1 aliphatic rings. The average Bonchev–Trinajstić information content (AvgIpc) is 3.06. The van der Waals surface area contributed by atoms with Crippen molar-refractivity contribution in [1.82, 2.24) is 19.7 Å². The van der Waals surface area contributed by atoms with Crippen molar-refractivity contribution in [2.75, 3.05) is 19.8 Å². The number of amides is 1. The van der Waals surface area contributed by atoms with Crippen LogP contribution >= 0.6 is 0 Å². The fourth-order valence-corrected chi connectivity index (χ4v) is 3.92. The highest BCUT2D eigenvalue weighted by molar-refractivity contribution is 5.92. The first-order chi connectivity index (χ1) is 14.6. The van der Waals surface area contributed by atoms with Crippen LogP contribution in [-0.4, -0.2) is 45.3 Å². The maximum absolute atomic E-state index is 13.2. The van der Waals surface area contributed by atoms with E-state index in [0.29, 0.717) is 37.6 Å². The lowest BCUT2D eigenvalue weighted by Gasteiger charge is -2.35. The predicted molar refractivity (Wildman–Crippen MR) is 111 cm³/mol. The minimum Gasteiger partial charge on any atom is -0.377 e. The third-order valence-corrected chi connectivity index (χ3v) is 5.45. The van der Waals surface area contributed by atoms with Crippen molar-refractivity contribution in [3.05, 3.63) is 82.4 Å². The second kappa shape index (κ2) is 8.47. The molecule has 0 aliphatic carbocycles. The molecule has 152 valence electrons. The third kappa shape index (κ3) is 3.82. The molecule has 4 rings (SSSR count). The van der Waals surface area contributed by atoms with E-state index >= 15 is 0 Å². The lowest BCUT2D eigenvalue weighted by molar-refractivity contribution is -0.00336. The van der Waals surface area contributed by atoms with Gasteiger partial charge in [0.2, 0.25) is 0 Å². The molecule has 1 unspecified atom stereocenters. The fraction of sp³-hybridized carbons (Fsp3) is 0.304. The number of hydrogen-bond acceptors (Lipinski definition) is 5. The number of benzene rings is 1. The lowest BCUT2D eigenvalue weighted by Crippen LogP contribution is -2.44. The number of morpholine rings is 1. The largest absolute Gasteiger partial charge is 0.377 e. The van der Waals surface area contributed by atoms with Gasteiger partial charge >= 0.3 is 0 Å². The molecule has 30 heavy (non-hydrogen) atoms. The Labute approximate surface area is 175 Å². The number of aryl methyl sites for hydroxylation is 1. The van der Waals surface area contributed by atoms with Gasteiger partial charge in [-0.15, -0.1) is 0 Å². The van der Waals surface area contributed by atoms with Gasteiger partial charge in [0.1, 0.15) is 11.8 Å². The maximum atomic E-state index is 13.2.